The van der Waals surface area contributed by atoms with E-state index in [4.69, 9.17) is 4.74 Å². The van der Waals surface area contributed by atoms with Crippen LogP contribution in [0, 0.1) is 0 Å². The highest BCUT2D eigenvalue weighted by molar-refractivity contribution is 5.69. The number of ether oxygens (including phenoxy) is 1. The summed E-state index contributed by atoms with van der Waals surface area (Å²) in [5, 5.41) is 0. The second kappa shape index (κ2) is 15.5. The van der Waals surface area contributed by atoms with Gasteiger partial charge in [-0.2, -0.15) is 0 Å². The third kappa shape index (κ3) is 9.16. The fourth-order valence-electron chi connectivity index (χ4n) is 1.98. The highest BCUT2D eigenvalue weighted by atomic mass is 19.0. The predicted octanol–water partition coefficient (Wildman–Crippen LogP) is 3.76. The lowest BCUT2D eigenvalue weighted by Gasteiger charge is -2.19. The lowest BCUT2D eigenvalue weighted by atomic mass is 10.3. The van der Waals surface area contributed by atoms with E-state index in [0.29, 0.717) is 0 Å². The molecule has 0 heterocycles. The van der Waals surface area contributed by atoms with Crippen molar-refractivity contribution in [3.8, 4) is 0 Å². The molecule has 0 aliphatic heterocycles. The Morgan fingerprint density at radius 2 is 1.50 bits per heavy atom. The fraction of sp³-hybridized carbons (Fsp3) is 0.500. The summed E-state index contributed by atoms with van der Waals surface area (Å²) in [6.07, 6.45) is 10.9. The zero-order valence-electron chi connectivity index (χ0n) is 14.0. The Bertz CT molecular complexity index is 342. The number of nitrogens with zero attached hydrogens (tertiary/aromatic N) is 2. The zero-order chi connectivity index (χ0) is 15.9. The van der Waals surface area contributed by atoms with Crippen molar-refractivity contribution in [3.05, 3.63) is 50.6 Å². The topological polar surface area (TPSA) is 15.5 Å². The molecule has 0 unspecified atom stereocenters. The molecule has 0 saturated heterocycles. The van der Waals surface area contributed by atoms with Crippen LogP contribution in [0.2, 0.25) is 0 Å². The van der Waals surface area contributed by atoms with E-state index in [0.717, 1.165) is 45.2 Å². The highest BCUT2D eigenvalue weighted by Crippen LogP contribution is 2.01. The summed E-state index contributed by atoms with van der Waals surface area (Å²) in [6, 6.07) is 0.853. The second-order valence-corrected chi connectivity index (χ2v) is 4.80. The summed E-state index contributed by atoms with van der Waals surface area (Å²) in [4.78, 5) is 2.12. The van der Waals surface area contributed by atoms with Gasteiger partial charge in [0.25, 0.3) is 0 Å². The predicted molar refractivity (Wildman–Crippen MR) is 95.3 cm³/mol. The molecular formula is C18H32FN2O+. The van der Waals surface area contributed by atoms with E-state index >= 15 is 0 Å². The van der Waals surface area contributed by atoms with Crippen LogP contribution in [0.1, 0.15) is 26.2 Å². The molecule has 0 bridgehead atoms. The molecule has 0 fully saturated rings. The van der Waals surface area contributed by atoms with E-state index < -0.39 is 0 Å². The molecule has 0 aromatic carbocycles. The maximum atomic E-state index is 6.06. The SMILES string of the molecule is C=CCN(CC=C)C(OCCCCC)=[N+](CC=C)CC=C.F. The standard InChI is InChI=1S/C18H31N2O.FH/c1-6-11-12-17-21-18(19(13-7-2)14-8-3)20(15-9-4)16-10-5;/h7-10H,2-6,11-17H2,1H3;1H/q+1;. The van der Waals surface area contributed by atoms with Crippen molar-refractivity contribution >= 4 is 6.02 Å². The van der Waals surface area contributed by atoms with Gasteiger partial charge in [0.05, 0.1) is 6.61 Å². The first-order valence-electron chi connectivity index (χ1n) is 7.68. The van der Waals surface area contributed by atoms with Crippen LogP contribution in [-0.4, -0.2) is 48.3 Å². The molecule has 126 valence electrons. The molecule has 0 saturated carbocycles. The van der Waals surface area contributed by atoms with Crippen molar-refractivity contribution in [1.29, 1.82) is 0 Å². The fourth-order valence-corrected chi connectivity index (χ4v) is 1.98. The second-order valence-electron chi connectivity index (χ2n) is 4.80. The largest absolute Gasteiger partial charge is 0.447 e. The quantitative estimate of drug-likeness (QED) is 0.179. The number of unbranched alkanes of at least 4 members (excludes halogenated alkanes) is 2. The van der Waals surface area contributed by atoms with Gasteiger partial charge in [-0.25, -0.2) is 9.48 Å². The average molecular weight is 311 g/mol. The normalized spacial score (nSPS) is 9.14. The first-order chi connectivity index (χ1) is 10.2. The van der Waals surface area contributed by atoms with Crippen LogP contribution in [0.3, 0.4) is 0 Å². The molecule has 0 radical (unpaired) electrons. The minimum atomic E-state index is 0. The summed E-state index contributed by atoms with van der Waals surface area (Å²) in [5.41, 5.74) is 0. The number of hydrogen-bond donors (Lipinski definition) is 0. The Morgan fingerprint density at radius 3 is 1.91 bits per heavy atom. The molecule has 0 atom stereocenters. The van der Waals surface area contributed by atoms with E-state index in [2.05, 4.69) is 42.7 Å². The van der Waals surface area contributed by atoms with Gasteiger partial charge in [0.15, 0.2) is 0 Å². The molecule has 0 amide bonds. The van der Waals surface area contributed by atoms with Crippen molar-refractivity contribution in [2.75, 3.05) is 32.8 Å². The third-order valence-electron chi connectivity index (χ3n) is 2.92. The van der Waals surface area contributed by atoms with Crippen LogP contribution >= 0.6 is 0 Å². The van der Waals surface area contributed by atoms with E-state index in [9.17, 15) is 0 Å². The Labute approximate surface area is 135 Å². The molecule has 3 nitrogen and oxygen atoms in total. The van der Waals surface area contributed by atoms with Gasteiger partial charge in [0.1, 0.15) is 26.2 Å². The Hall–Kier alpha value is -1.84. The summed E-state index contributed by atoms with van der Waals surface area (Å²) >= 11 is 0. The number of rotatable bonds is 12. The van der Waals surface area contributed by atoms with Gasteiger partial charge < -0.3 is 4.74 Å². The van der Waals surface area contributed by atoms with E-state index in [1.807, 2.05) is 24.3 Å². The minimum Gasteiger partial charge on any atom is -0.432 e. The van der Waals surface area contributed by atoms with E-state index in [1.165, 1.54) is 12.8 Å². The van der Waals surface area contributed by atoms with Gasteiger partial charge >= 0.3 is 6.02 Å². The van der Waals surface area contributed by atoms with Gasteiger partial charge in [-0.15, -0.1) is 0 Å². The molecule has 0 spiro atoms. The van der Waals surface area contributed by atoms with Gasteiger partial charge in [0, 0.05) is 0 Å². The van der Waals surface area contributed by atoms with Gasteiger partial charge in [0.2, 0.25) is 0 Å². The molecule has 4 heteroatoms. The summed E-state index contributed by atoms with van der Waals surface area (Å²) in [5.74, 6) is 0. The smallest absolute Gasteiger partial charge is 0.432 e. The van der Waals surface area contributed by atoms with Crippen molar-refractivity contribution < 1.29 is 14.0 Å². The van der Waals surface area contributed by atoms with Crippen molar-refractivity contribution in [1.82, 2.24) is 4.90 Å². The Balaban J connectivity index is 0. The van der Waals surface area contributed by atoms with Crippen LogP contribution in [0.25, 0.3) is 0 Å². The van der Waals surface area contributed by atoms with Crippen LogP contribution in [0.4, 0.5) is 4.70 Å². The van der Waals surface area contributed by atoms with Crippen LogP contribution < -0.4 is 0 Å². The summed E-state index contributed by atoms with van der Waals surface area (Å²) in [6.45, 7) is 21.1. The molecular weight excluding hydrogens is 279 g/mol. The van der Waals surface area contributed by atoms with Gasteiger partial charge in [-0.05, 0) is 6.42 Å². The first-order valence-corrected chi connectivity index (χ1v) is 7.68. The van der Waals surface area contributed by atoms with Crippen molar-refractivity contribution in [2.24, 2.45) is 0 Å². The third-order valence-corrected chi connectivity index (χ3v) is 2.92. The summed E-state index contributed by atoms with van der Waals surface area (Å²) in [7, 11) is 0. The van der Waals surface area contributed by atoms with Gasteiger partial charge in [-0.3, -0.25) is 4.70 Å². The summed E-state index contributed by atoms with van der Waals surface area (Å²) < 4.78 is 8.18. The first kappa shape index (κ1) is 22.4. The number of amidine groups is 1. The Morgan fingerprint density at radius 1 is 0.955 bits per heavy atom. The number of hydrogen-bond acceptors (Lipinski definition) is 1. The molecule has 0 aromatic heterocycles. The van der Waals surface area contributed by atoms with Crippen molar-refractivity contribution in [2.45, 2.75) is 26.2 Å². The monoisotopic (exact) mass is 311 g/mol. The Kier molecular flexibility index (Phi) is 15.9. The van der Waals surface area contributed by atoms with E-state index in [-0.39, 0.29) is 4.70 Å². The maximum absolute atomic E-state index is 6.06. The highest BCUT2D eigenvalue weighted by Gasteiger charge is 2.22. The lowest BCUT2D eigenvalue weighted by molar-refractivity contribution is -0.522. The molecule has 0 rings (SSSR count). The number of halogens is 1. The molecule has 0 aliphatic rings. The van der Waals surface area contributed by atoms with Crippen LogP contribution in [0.5, 0.6) is 0 Å². The molecule has 0 aliphatic carbocycles. The van der Waals surface area contributed by atoms with Crippen LogP contribution in [0.15, 0.2) is 50.6 Å². The van der Waals surface area contributed by atoms with Crippen LogP contribution in [-0.2, 0) is 4.74 Å². The maximum Gasteiger partial charge on any atom is 0.447 e. The lowest BCUT2D eigenvalue weighted by Crippen LogP contribution is -2.41. The van der Waals surface area contributed by atoms with E-state index in [1.54, 1.807) is 0 Å². The van der Waals surface area contributed by atoms with Crippen molar-refractivity contribution in [3.63, 3.8) is 0 Å². The molecule has 0 N–H and O–H groups in total. The zero-order valence-corrected chi connectivity index (χ0v) is 14.0. The molecule has 22 heavy (non-hydrogen) atoms. The average Bonchev–Trinajstić information content (AvgIpc) is 2.47. The molecule has 0 aromatic rings. The minimum absolute atomic E-state index is 0. The van der Waals surface area contributed by atoms with Gasteiger partial charge in [-0.1, -0.05) is 70.4 Å².